The minimum atomic E-state index is -0.367. The lowest BCUT2D eigenvalue weighted by Crippen LogP contribution is -2.21. The average Bonchev–Trinajstić information content (AvgIpc) is 2.82. The number of hydrogen-bond acceptors (Lipinski definition) is 3. The molecule has 1 N–H and O–H groups in total. The molecular weight excluding hydrogens is 230 g/mol. The Balaban J connectivity index is 1.79. The zero-order valence-electron chi connectivity index (χ0n) is 10.4. The van der Waals surface area contributed by atoms with Gasteiger partial charge in [0.2, 0.25) is 0 Å². The van der Waals surface area contributed by atoms with Gasteiger partial charge in [0.05, 0.1) is 6.10 Å². The number of aliphatic hydroxyl groups is 1. The predicted octanol–water partition coefficient (Wildman–Crippen LogP) is 2.93. The molecule has 0 amide bonds. The normalized spacial score (nSPS) is 18.5. The molecule has 0 aromatic heterocycles. The first-order chi connectivity index (χ1) is 8.25. The van der Waals surface area contributed by atoms with E-state index in [0.29, 0.717) is 0 Å². The maximum absolute atomic E-state index is 9.53. The zero-order valence-corrected chi connectivity index (χ0v) is 11.2. The van der Waals surface area contributed by atoms with Crippen LogP contribution in [0.2, 0.25) is 0 Å². The van der Waals surface area contributed by atoms with Gasteiger partial charge in [0.25, 0.3) is 0 Å². The number of likely N-dealkylation sites (tertiary alicyclic amines) is 1. The standard InChI is InChI=1S/C14H21NOS/c1-12(16)13-5-4-6-14(11-13)17-10-9-15-7-2-3-8-15/h4-6,11-12,16H,2-3,7-10H2,1H3. The molecule has 2 nitrogen and oxygen atoms in total. The maximum Gasteiger partial charge on any atom is 0.0762 e. The molecule has 1 atom stereocenters. The Kier molecular flexibility index (Phi) is 4.89. The molecule has 0 spiro atoms. The molecule has 0 radical (unpaired) electrons. The van der Waals surface area contributed by atoms with Crippen LogP contribution >= 0.6 is 11.8 Å². The van der Waals surface area contributed by atoms with Crippen molar-refractivity contribution in [2.24, 2.45) is 0 Å². The Hall–Kier alpha value is -0.510. The number of hydrogen-bond donors (Lipinski definition) is 1. The van der Waals surface area contributed by atoms with E-state index >= 15 is 0 Å². The molecule has 1 unspecified atom stereocenters. The summed E-state index contributed by atoms with van der Waals surface area (Å²) in [5.41, 5.74) is 1.01. The fourth-order valence-electron chi connectivity index (χ4n) is 2.16. The molecular formula is C14H21NOS. The monoisotopic (exact) mass is 251 g/mol. The Morgan fingerprint density at radius 1 is 1.35 bits per heavy atom. The Labute approximate surface area is 108 Å². The van der Waals surface area contributed by atoms with Gasteiger partial charge in [0, 0.05) is 17.2 Å². The second-order valence-electron chi connectivity index (χ2n) is 4.65. The lowest BCUT2D eigenvalue weighted by Gasteiger charge is -2.14. The van der Waals surface area contributed by atoms with Crippen LogP contribution in [0.3, 0.4) is 0 Å². The van der Waals surface area contributed by atoms with E-state index < -0.39 is 0 Å². The van der Waals surface area contributed by atoms with E-state index in [2.05, 4.69) is 17.0 Å². The van der Waals surface area contributed by atoms with Crippen LogP contribution in [-0.4, -0.2) is 35.4 Å². The van der Waals surface area contributed by atoms with Crippen LogP contribution in [0.1, 0.15) is 31.4 Å². The minimum absolute atomic E-state index is 0.367. The lowest BCUT2D eigenvalue weighted by atomic mass is 10.1. The maximum atomic E-state index is 9.53. The van der Waals surface area contributed by atoms with Crippen molar-refractivity contribution in [2.45, 2.75) is 30.8 Å². The van der Waals surface area contributed by atoms with E-state index in [-0.39, 0.29) is 6.10 Å². The van der Waals surface area contributed by atoms with Gasteiger partial charge in [-0.2, -0.15) is 0 Å². The van der Waals surface area contributed by atoms with E-state index in [0.717, 1.165) is 11.3 Å². The molecule has 2 rings (SSSR count). The number of thioether (sulfide) groups is 1. The zero-order chi connectivity index (χ0) is 12.1. The molecule has 1 aliphatic heterocycles. The molecule has 1 aromatic carbocycles. The van der Waals surface area contributed by atoms with Gasteiger partial charge in [0.15, 0.2) is 0 Å². The molecule has 1 fully saturated rings. The first kappa shape index (κ1) is 12.9. The third-order valence-electron chi connectivity index (χ3n) is 3.22. The number of aliphatic hydroxyl groups excluding tert-OH is 1. The van der Waals surface area contributed by atoms with Crippen LogP contribution in [0.5, 0.6) is 0 Å². The summed E-state index contributed by atoms with van der Waals surface area (Å²) in [6, 6.07) is 8.23. The molecule has 17 heavy (non-hydrogen) atoms. The number of benzene rings is 1. The fraction of sp³-hybridized carbons (Fsp3) is 0.571. The van der Waals surface area contributed by atoms with Crippen LogP contribution in [0.15, 0.2) is 29.2 Å². The number of nitrogens with zero attached hydrogens (tertiary/aromatic N) is 1. The van der Waals surface area contributed by atoms with Crippen LogP contribution in [0, 0.1) is 0 Å². The predicted molar refractivity (Wildman–Crippen MR) is 73.5 cm³/mol. The van der Waals surface area contributed by atoms with Gasteiger partial charge >= 0.3 is 0 Å². The van der Waals surface area contributed by atoms with Crippen LogP contribution in [0.4, 0.5) is 0 Å². The number of rotatable bonds is 5. The molecule has 3 heteroatoms. The van der Waals surface area contributed by atoms with Gasteiger partial charge in [-0.3, -0.25) is 0 Å². The highest BCUT2D eigenvalue weighted by Gasteiger charge is 2.10. The molecule has 0 aliphatic carbocycles. The van der Waals surface area contributed by atoms with E-state index in [4.69, 9.17) is 0 Å². The van der Waals surface area contributed by atoms with E-state index in [1.54, 1.807) is 0 Å². The van der Waals surface area contributed by atoms with Crippen molar-refractivity contribution in [3.05, 3.63) is 29.8 Å². The second kappa shape index (κ2) is 6.43. The summed E-state index contributed by atoms with van der Waals surface area (Å²) >= 11 is 1.89. The fourth-order valence-corrected chi connectivity index (χ4v) is 3.14. The quantitative estimate of drug-likeness (QED) is 0.814. The first-order valence-electron chi connectivity index (χ1n) is 6.39. The average molecular weight is 251 g/mol. The Morgan fingerprint density at radius 3 is 2.82 bits per heavy atom. The van der Waals surface area contributed by atoms with Crippen molar-refractivity contribution in [1.82, 2.24) is 4.90 Å². The summed E-state index contributed by atoms with van der Waals surface area (Å²) in [5.74, 6) is 1.14. The van der Waals surface area contributed by atoms with Crippen LogP contribution in [0.25, 0.3) is 0 Å². The molecule has 0 bridgehead atoms. The molecule has 1 saturated heterocycles. The van der Waals surface area contributed by atoms with Crippen molar-refractivity contribution in [1.29, 1.82) is 0 Å². The van der Waals surface area contributed by atoms with E-state index in [9.17, 15) is 5.11 Å². The first-order valence-corrected chi connectivity index (χ1v) is 7.37. The van der Waals surface area contributed by atoms with E-state index in [1.165, 1.54) is 37.4 Å². The minimum Gasteiger partial charge on any atom is -0.389 e. The van der Waals surface area contributed by atoms with Gasteiger partial charge in [-0.25, -0.2) is 0 Å². The van der Waals surface area contributed by atoms with Gasteiger partial charge < -0.3 is 10.0 Å². The smallest absolute Gasteiger partial charge is 0.0762 e. The van der Waals surface area contributed by atoms with Crippen molar-refractivity contribution in [3.63, 3.8) is 0 Å². The third-order valence-corrected chi connectivity index (χ3v) is 4.19. The largest absolute Gasteiger partial charge is 0.389 e. The summed E-state index contributed by atoms with van der Waals surface area (Å²) in [5, 5.41) is 9.53. The summed E-state index contributed by atoms with van der Waals surface area (Å²) in [6.07, 6.45) is 2.36. The van der Waals surface area contributed by atoms with Crippen molar-refractivity contribution >= 4 is 11.8 Å². The van der Waals surface area contributed by atoms with Crippen molar-refractivity contribution in [2.75, 3.05) is 25.4 Å². The van der Waals surface area contributed by atoms with Gasteiger partial charge in [-0.15, -0.1) is 11.8 Å². The molecule has 0 saturated carbocycles. The highest BCUT2D eigenvalue weighted by Crippen LogP contribution is 2.22. The van der Waals surface area contributed by atoms with Crippen LogP contribution in [-0.2, 0) is 0 Å². The molecule has 1 aromatic rings. The van der Waals surface area contributed by atoms with Crippen molar-refractivity contribution in [3.8, 4) is 0 Å². The van der Waals surface area contributed by atoms with Crippen molar-refractivity contribution < 1.29 is 5.11 Å². The second-order valence-corrected chi connectivity index (χ2v) is 5.81. The summed E-state index contributed by atoms with van der Waals surface area (Å²) in [6.45, 7) is 5.54. The van der Waals surface area contributed by atoms with Gasteiger partial charge in [-0.05, 0) is 50.6 Å². The lowest BCUT2D eigenvalue weighted by molar-refractivity contribution is 0.199. The molecule has 1 heterocycles. The third kappa shape index (κ3) is 4.02. The molecule has 1 aliphatic rings. The van der Waals surface area contributed by atoms with Gasteiger partial charge in [0.1, 0.15) is 0 Å². The summed E-state index contributed by atoms with van der Waals surface area (Å²) < 4.78 is 0. The van der Waals surface area contributed by atoms with Gasteiger partial charge in [-0.1, -0.05) is 12.1 Å². The highest BCUT2D eigenvalue weighted by molar-refractivity contribution is 7.99. The summed E-state index contributed by atoms with van der Waals surface area (Å²) in [7, 11) is 0. The topological polar surface area (TPSA) is 23.5 Å². The van der Waals surface area contributed by atoms with E-state index in [1.807, 2.05) is 30.8 Å². The molecule has 94 valence electrons. The SMILES string of the molecule is CC(O)c1cccc(SCCN2CCCC2)c1. The Morgan fingerprint density at radius 2 is 2.12 bits per heavy atom. The highest BCUT2D eigenvalue weighted by atomic mass is 32.2. The van der Waals surface area contributed by atoms with Crippen LogP contribution < -0.4 is 0 Å². The summed E-state index contributed by atoms with van der Waals surface area (Å²) in [4.78, 5) is 3.80. The Bertz CT molecular complexity index is 348.